The largest absolute Gasteiger partial charge is 0.465 e. The van der Waals surface area contributed by atoms with Crippen LogP contribution in [0.4, 0.5) is 24.5 Å². The second-order valence-corrected chi connectivity index (χ2v) is 8.80. The van der Waals surface area contributed by atoms with Gasteiger partial charge < -0.3 is 9.64 Å². The van der Waals surface area contributed by atoms with Gasteiger partial charge in [0.1, 0.15) is 0 Å². The number of benzene rings is 2. The first kappa shape index (κ1) is 23.5. The molecule has 1 saturated heterocycles. The van der Waals surface area contributed by atoms with Crippen molar-refractivity contribution in [3.8, 4) is 0 Å². The van der Waals surface area contributed by atoms with Gasteiger partial charge in [-0.15, -0.1) is 0 Å². The highest BCUT2D eigenvalue weighted by molar-refractivity contribution is 7.89. The van der Waals surface area contributed by atoms with E-state index in [0.717, 1.165) is 29.6 Å². The molecule has 0 atom stereocenters. The maximum Gasteiger partial charge on any atom is 0.416 e. The lowest BCUT2D eigenvalue weighted by Gasteiger charge is -2.36. The van der Waals surface area contributed by atoms with E-state index in [1.807, 2.05) is 0 Å². The van der Waals surface area contributed by atoms with Crippen LogP contribution in [-0.2, 0) is 20.9 Å². The predicted molar refractivity (Wildman–Crippen MR) is 107 cm³/mol. The van der Waals surface area contributed by atoms with Crippen molar-refractivity contribution in [1.82, 2.24) is 4.31 Å². The smallest absolute Gasteiger partial charge is 0.416 e. The van der Waals surface area contributed by atoms with Crippen LogP contribution in [0, 0.1) is 10.1 Å². The number of non-ortho nitro benzene ring substituents is 1. The number of methoxy groups -OCH3 is 1. The van der Waals surface area contributed by atoms with Crippen LogP contribution < -0.4 is 4.90 Å². The monoisotopic (exact) mass is 473 g/mol. The average Bonchev–Trinajstić information content (AvgIpc) is 2.77. The van der Waals surface area contributed by atoms with Crippen LogP contribution in [0.5, 0.6) is 0 Å². The number of anilines is 1. The minimum Gasteiger partial charge on any atom is -0.465 e. The van der Waals surface area contributed by atoms with Crippen molar-refractivity contribution in [2.75, 3.05) is 38.2 Å². The predicted octanol–water partition coefficient (Wildman–Crippen LogP) is 2.91. The number of nitro benzene ring substituents is 1. The van der Waals surface area contributed by atoms with E-state index in [-0.39, 0.29) is 42.3 Å². The van der Waals surface area contributed by atoms with Gasteiger partial charge in [0.05, 0.1) is 33.7 Å². The Balaban J connectivity index is 1.79. The minimum absolute atomic E-state index is 0.000948. The number of carbonyl (C=O) groups is 1. The maximum absolute atomic E-state index is 12.8. The molecule has 9 nitrogen and oxygen atoms in total. The van der Waals surface area contributed by atoms with E-state index in [0.29, 0.717) is 17.8 Å². The molecule has 0 radical (unpaired) electrons. The molecule has 172 valence electrons. The van der Waals surface area contributed by atoms with Crippen LogP contribution in [-0.4, -0.2) is 56.9 Å². The molecule has 1 heterocycles. The molecule has 2 aromatic carbocycles. The Labute approximate surface area is 181 Å². The first-order chi connectivity index (χ1) is 14.9. The molecule has 0 spiro atoms. The maximum atomic E-state index is 12.8. The van der Waals surface area contributed by atoms with Crippen molar-refractivity contribution >= 4 is 27.4 Å². The fourth-order valence-electron chi connectivity index (χ4n) is 3.32. The molecular formula is C19H18F3N3O6S. The minimum atomic E-state index is -4.57. The number of hydrogen-bond acceptors (Lipinski definition) is 7. The van der Waals surface area contributed by atoms with Gasteiger partial charge in [0, 0.05) is 38.3 Å². The number of carbonyl (C=O) groups excluding carboxylic acids is 1. The third kappa shape index (κ3) is 4.67. The average molecular weight is 473 g/mol. The number of alkyl halides is 3. The number of ether oxygens (including phenoxy) is 1. The summed E-state index contributed by atoms with van der Waals surface area (Å²) in [5.41, 5.74) is -0.915. The van der Waals surface area contributed by atoms with Crippen molar-refractivity contribution < 1.29 is 36.0 Å². The summed E-state index contributed by atoms with van der Waals surface area (Å²) in [6, 6.07) is 6.96. The molecule has 32 heavy (non-hydrogen) atoms. The van der Waals surface area contributed by atoms with Crippen molar-refractivity contribution in [3.05, 3.63) is 63.7 Å². The number of halogens is 3. The summed E-state index contributed by atoms with van der Waals surface area (Å²) < 4.78 is 69.6. The highest BCUT2D eigenvalue weighted by atomic mass is 32.2. The number of sulfonamides is 1. The van der Waals surface area contributed by atoms with E-state index < -0.39 is 32.7 Å². The van der Waals surface area contributed by atoms with Crippen LogP contribution in [0.3, 0.4) is 0 Å². The lowest BCUT2D eigenvalue weighted by Crippen LogP contribution is -2.49. The lowest BCUT2D eigenvalue weighted by atomic mass is 10.1. The molecule has 0 bridgehead atoms. The Morgan fingerprint density at radius 2 is 1.66 bits per heavy atom. The van der Waals surface area contributed by atoms with Gasteiger partial charge in [-0.1, -0.05) is 0 Å². The Kier molecular flexibility index (Phi) is 6.41. The zero-order valence-corrected chi connectivity index (χ0v) is 17.5. The molecule has 0 aliphatic carbocycles. The Morgan fingerprint density at radius 1 is 1.06 bits per heavy atom. The van der Waals surface area contributed by atoms with E-state index in [4.69, 9.17) is 4.74 Å². The number of nitro groups is 1. The van der Waals surface area contributed by atoms with Crippen molar-refractivity contribution in [1.29, 1.82) is 0 Å². The van der Waals surface area contributed by atoms with E-state index in [9.17, 15) is 36.5 Å². The summed E-state index contributed by atoms with van der Waals surface area (Å²) in [5.74, 6) is -0.775. The highest BCUT2D eigenvalue weighted by Crippen LogP contribution is 2.31. The fraction of sp³-hybridized carbons (Fsp3) is 0.316. The second kappa shape index (κ2) is 8.74. The van der Waals surface area contributed by atoms with Crippen LogP contribution >= 0.6 is 0 Å². The molecule has 1 fully saturated rings. The number of nitrogens with zero attached hydrogens (tertiary/aromatic N) is 3. The summed E-state index contributed by atoms with van der Waals surface area (Å²) in [7, 11) is -2.88. The first-order valence-electron chi connectivity index (χ1n) is 9.24. The van der Waals surface area contributed by atoms with E-state index in [2.05, 4.69) is 0 Å². The van der Waals surface area contributed by atoms with Gasteiger partial charge in [-0.05, 0) is 30.3 Å². The third-order valence-corrected chi connectivity index (χ3v) is 6.91. The zero-order valence-electron chi connectivity index (χ0n) is 16.7. The summed E-state index contributed by atoms with van der Waals surface area (Å²) in [4.78, 5) is 23.9. The Bertz CT molecular complexity index is 1130. The van der Waals surface area contributed by atoms with Crippen molar-refractivity contribution in [3.63, 3.8) is 0 Å². The highest BCUT2D eigenvalue weighted by Gasteiger charge is 2.33. The molecule has 2 aromatic rings. The fourth-order valence-corrected chi connectivity index (χ4v) is 4.74. The molecule has 1 aliphatic heterocycles. The molecule has 0 N–H and O–H groups in total. The zero-order chi connectivity index (χ0) is 23.7. The molecular weight excluding hydrogens is 455 g/mol. The molecule has 0 saturated carbocycles. The molecule has 1 aliphatic rings. The van der Waals surface area contributed by atoms with Crippen LogP contribution in [0.15, 0.2) is 47.4 Å². The quantitative estimate of drug-likeness (QED) is 0.373. The SMILES string of the molecule is COC(=O)c1cc([N+](=O)[O-])ccc1N1CCN(S(=O)(=O)c2ccc(C(F)(F)F)cc2)CC1. The molecule has 0 amide bonds. The van der Waals surface area contributed by atoms with E-state index >= 15 is 0 Å². The van der Waals surface area contributed by atoms with Gasteiger partial charge in [-0.2, -0.15) is 17.5 Å². The van der Waals surface area contributed by atoms with Gasteiger partial charge in [-0.25, -0.2) is 13.2 Å². The number of esters is 1. The summed E-state index contributed by atoms with van der Waals surface area (Å²) >= 11 is 0. The van der Waals surface area contributed by atoms with Crippen LogP contribution in [0.2, 0.25) is 0 Å². The molecule has 0 aromatic heterocycles. The number of hydrogen-bond donors (Lipinski definition) is 0. The normalized spacial score (nSPS) is 15.4. The number of piperazine rings is 1. The number of rotatable bonds is 5. The first-order valence-corrected chi connectivity index (χ1v) is 10.7. The summed E-state index contributed by atoms with van der Waals surface area (Å²) in [6.07, 6.45) is -4.57. The molecule has 13 heteroatoms. The van der Waals surface area contributed by atoms with E-state index in [1.165, 1.54) is 12.1 Å². The lowest BCUT2D eigenvalue weighted by molar-refractivity contribution is -0.384. The topological polar surface area (TPSA) is 110 Å². The van der Waals surface area contributed by atoms with Gasteiger partial charge >= 0.3 is 12.1 Å². The third-order valence-electron chi connectivity index (χ3n) is 5.00. The van der Waals surface area contributed by atoms with Crippen LogP contribution in [0.25, 0.3) is 0 Å². The Hall–Kier alpha value is -3.19. The summed E-state index contributed by atoms with van der Waals surface area (Å²) in [6.45, 7) is 0.311. The van der Waals surface area contributed by atoms with Gasteiger partial charge in [0.25, 0.3) is 5.69 Å². The van der Waals surface area contributed by atoms with Gasteiger partial charge in [0.15, 0.2) is 0 Å². The molecule has 0 unspecified atom stereocenters. The standard InChI is InChI=1S/C19H18F3N3O6S/c1-31-18(26)16-12-14(25(27)28)4-7-17(16)23-8-10-24(11-9-23)32(29,30)15-5-2-13(3-6-15)19(20,21)22/h2-7,12H,8-11H2,1H3. The Morgan fingerprint density at radius 3 is 2.16 bits per heavy atom. The van der Waals surface area contributed by atoms with Crippen molar-refractivity contribution in [2.24, 2.45) is 0 Å². The molecule has 3 rings (SSSR count). The van der Waals surface area contributed by atoms with E-state index in [1.54, 1.807) is 4.90 Å². The summed E-state index contributed by atoms with van der Waals surface area (Å²) in [5, 5.41) is 11.0. The van der Waals surface area contributed by atoms with Gasteiger partial charge in [0.2, 0.25) is 10.0 Å². The van der Waals surface area contributed by atoms with Crippen LogP contribution in [0.1, 0.15) is 15.9 Å². The second-order valence-electron chi connectivity index (χ2n) is 6.86. The van der Waals surface area contributed by atoms with Crippen molar-refractivity contribution in [2.45, 2.75) is 11.1 Å². The van der Waals surface area contributed by atoms with Gasteiger partial charge in [-0.3, -0.25) is 10.1 Å².